The van der Waals surface area contributed by atoms with Crippen LogP contribution in [0.25, 0.3) is 0 Å². The van der Waals surface area contributed by atoms with Crippen molar-refractivity contribution >= 4 is 23.2 Å². The fourth-order valence-electron chi connectivity index (χ4n) is 1.99. The summed E-state index contributed by atoms with van der Waals surface area (Å²) in [6.45, 7) is 1.83. The molecule has 0 spiro atoms. The number of halogens is 2. The Kier molecular flexibility index (Phi) is 4.88. The van der Waals surface area contributed by atoms with Crippen LogP contribution in [0.15, 0.2) is 30.3 Å². The van der Waals surface area contributed by atoms with Gasteiger partial charge in [-0.3, -0.25) is 4.79 Å². The molecular formula is C16H15ClFNO3. The maximum absolute atomic E-state index is 13.1. The molecule has 4 nitrogen and oxygen atoms in total. The molecule has 2 aromatic rings. The summed E-state index contributed by atoms with van der Waals surface area (Å²) >= 11 is 5.69. The lowest BCUT2D eigenvalue weighted by Gasteiger charge is -2.13. The van der Waals surface area contributed by atoms with E-state index in [9.17, 15) is 9.18 Å². The van der Waals surface area contributed by atoms with Gasteiger partial charge in [0.05, 0.1) is 19.2 Å². The van der Waals surface area contributed by atoms with Gasteiger partial charge in [0.25, 0.3) is 5.91 Å². The van der Waals surface area contributed by atoms with Crippen LogP contribution in [0.1, 0.15) is 15.9 Å². The summed E-state index contributed by atoms with van der Waals surface area (Å²) in [5, 5.41) is 2.59. The highest BCUT2D eigenvalue weighted by molar-refractivity contribution is 6.31. The van der Waals surface area contributed by atoms with Crippen molar-refractivity contribution in [2.24, 2.45) is 0 Å². The van der Waals surface area contributed by atoms with Crippen molar-refractivity contribution in [2.45, 2.75) is 6.92 Å². The molecule has 6 heteroatoms. The lowest BCUT2D eigenvalue weighted by Crippen LogP contribution is -2.12. The zero-order valence-corrected chi connectivity index (χ0v) is 13.1. The molecule has 0 unspecified atom stereocenters. The molecule has 0 atom stereocenters. The topological polar surface area (TPSA) is 47.6 Å². The molecule has 0 radical (unpaired) electrons. The van der Waals surface area contributed by atoms with E-state index in [-0.39, 0.29) is 10.9 Å². The van der Waals surface area contributed by atoms with E-state index in [0.717, 1.165) is 5.56 Å². The summed E-state index contributed by atoms with van der Waals surface area (Å²) in [5.41, 5.74) is 1.56. The Morgan fingerprint density at radius 1 is 1.14 bits per heavy atom. The number of nitrogens with one attached hydrogen (secondary N) is 1. The van der Waals surface area contributed by atoms with Crippen LogP contribution in [-0.4, -0.2) is 20.1 Å². The van der Waals surface area contributed by atoms with Crippen LogP contribution < -0.4 is 14.8 Å². The summed E-state index contributed by atoms with van der Waals surface area (Å²) in [6.07, 6.45) is 0. The van der Waals surface area contributed by atoms with E-state index < -0.39 is 5.82 Å². The number of benzene rings is 2. The molecule has 2 rings (SSSR count). The van der Waals surface area contributed by atoms with Crippen molar-refractivity contribution in [1.29, 1.82) is 0 Å². The van der Waals surface area contributed by atoms with E-state index in [4.69, 9.17) is 21.1 Å². The normalized spacial score (nSPS) is 10.2. The Labute approximate surface area is 132 Å². The van der Waals surface area contributed by atoms with Crippen LogP contribution in [0.4, 0.5) is 10.1 Å². The Bertz CT molecular complexity index is 694. The van der Waals surface area contributed by atoms with Crippen LogP contribution >= 0.6 is 11.6 Å². The third-order valence-electron chi connectivity index (χ3n) is 3.19. The van der Waals surface area contributed by atoms with Gasteiger partial charge in [-0.15, -0.1) is 0 Å². The van der Waals surface area contributed by atoms with Gasteiger partial charge in [0.1, 0.15) is 17.3 Å². The van der Waals surface area contributed by atoms with Crippen molar-refractivity contribution in [3.05, 3.63) is 52.3 Å². The van der Waals surface area contributed by atoms with Crippen LogP contribution in [0.2, 0.25) is 5.02 Å². The molecule has 0 heterocycles. The van der Waals surface area contributed by atoms with E-state index in [0.29, 0.717) is 22.7 Å². The average molecular weight is 324 g/mol. The fourth-order valence-corrected chi connectivity index (χ4v) is 2.17. The first kappa shape index (κ1) is 16.1. The third-order valence-corrected chi connectivity index (χ3v) is 3.48. The van der Waals surface area contributed by atoms with E-state index in [2.05, 4.69) is 5.32 Å². The van der Waals surface area contributed by atoms with Crippen molar-refractivity contribution in [3.63, 3.8) is 0 Å². The molecule has 0 saturated carbocycles. The number of anilines is 1. The smallest absolute Gasteiger partial charge is 0.255 e. The van der Waals surface area contributed by atoms with Gasteiger partial charge in [0.2, 0.25) is 0 Å². The molecule has 0 aliphatic carbocycles. The summed E-state index contributed by atoms with van der Waals surface area (Å²) in [5.74, 6) is 0.167. The highest BCUT2D eigenvalue weighted by atomic mass is 35.5. The zero-order valence-electron chi connectivity index (χ0n) is 12.4. The number of hydrogen-bond donors (Lipinski definition) is 1. The van der Waals surface area contributed by atoms with Crippen molar-refractivity contribution < 1.29 is 18.7 Å². The molecule has 0 aliphatic heterocycles. The quantitative estimate of drug-likeness (QED) is 0.923. The largest absolute Gasteiger partial charge is 0.496 e. The standard InChI is InChI=1S/C16H15ClFNO3/c1-9-14(21-2)6-10(7-15(9)22-3)16(20)19-11-4-5-13(18)12(17)8-11/h4-8H,1-3H3,(H,19,20). The molecule has 0 saturated heterocycles. The minimum Gasteiger partial charge on any atom is -0.496 e. The minimum absolute atomic E-state index is 0.0585. The van der Waals surface area contributed by atoms with Crippen molar-refractivity contribution in [1.82, 2.24) is 0 Å². The molecular weight excluding hydrogens is 309 g/mol. The molecule has 0 fully saturated rings. The average Bonchev–Trinajstić information content (AvgIpc) is 2.51. The molecule has 2 aromatic carbocycles. The Balaban J connectivity index is 2.31. The minimum atomic E-state index is -0.543. The maximum Gasteiger partial charge on any atom is 0.255 e. The lowest BCUT2D eigenvalue weighted by molar-refractivity contribution is 0.102. The van der Waals surface area contributed by atoms with Gasteiger partial charge >= 0.3 is 0 Å². The van der Waals surface area contributed by atoms with Gasteiger partial charge < -0.3 is 14.8 Å². The fraction of sp³-hybridized carbons (Fsp3) is 0.188. The van der Waals surface area contributed by atoms with Gasteiger partial charge in [-0.25, -0.2) is 4.39 Å². The molecule has 116 valence electrons. The van der Waals surface area contributed by atoms with Gasteiger partial charge in [0, 0.05) is 16.8 Å². The molecule has 0 aromatic heterocycles. The van der Waals surface area contributed by atoms with Crippen LogP contribution in [0.5, 0.6) is 11.5 Å². The van der Waals surface area contributed by atoms with Gasteiger partial charge in [0.15, 0.2) is 0 Å². The van der Waals surface area contributed by atoms with E-state index in [1.54, 1.807) is 12.1 Å². The summed E-state index contributed by atoms with van der Waals surface area (Å²) in [6, 6.07) is 7.18. The SMILES string of the molecule is COc1cc(C(=O)Nc2ccc(F)c(Cl)c2)cc(OC)c1C. The number of hydrogen-bond acceptors (Lipinski definition) is 3. The highest BCUT2D eigenvalue weighted by Gasteiger charge is 2.14. The summed E-state index contributed by atoms with van der Waals surface area (Å²) in [7, 11) is 3.03. The lowest BCUT2D eigenvalue weighted by atomic mass is 10.1. The molecule has 22 heavy (non-hydrogen) atoms. The number of amides is 1. The van der Waals surface area contributed by atoms with Crippen LogP contribution in [0.3, 0.4) is 0 Å². The molecule has 0 bridgehead atoms. The predicted octanol–water partition coefficient (Wildman–Crippen LogP) is 4.06. The Morgan fingerprint density at radius 2 is 1.73 bits per heavy atom. The number of carbonyl (C=O) groups is 1. The molecule has 0 aliphatic rings. The zero-order chi connectivity index (χ0) is 16.3. The summed E-state index contributed by atoms with van der Waals surface area (Å²) < 4.78 is 23.6. The number of carbonyl (C=O) groups excluding carboxylic acids is 1. The second kappa shape index (κ2) is 6.66. The van der Waals surface area contributed by atoms with Crippen molar-refractivity contribution in [3.8, 4) is 11.5 Å². The number of rotatable bonds is 4. The van der Waals surface area contributed by atoms with Gasteiger partial charge in [-0.1, -0.05) is 11.6 Å². The van der Waals surface area contributed by atoms with E-state index in [1.165, 1.54) is 32.4 Å². The Hall–Kier alpha value is -2.27. The number of methoxy groups -OCH3 is 2. The first-order valence-corrected chi connectivity index (χ1v) is 6.83. The second-order valence-electron chi connectivity index (χ2n) is 4.59. The number of ether oxygens (including phenoxy) is 2. The van der Waals surface area contributed by atoms with Gasteiger partial charge in [-0.2, -0.15) is 0 Å². The second-order valence-corrected chi connectivity index (χ2v) is 5.00. The molecule has 1 N–H and O–H groups in total. The van der Waals surface area contributed by atoms with Crippen LogP contribution in [0, 0.1) is 12.7 Å². The van der Waals surface area contributed by atoms with E-state index >= 15 is 0 Å². The maximum atomic E-state index is 13.1. The Morgan fingerprint density at radius 3 is 2.23 bits per heavy atom. The third kappa shape index (κ3) is 3.31. The van der Waals surface area contributed by atoms with Crippen molar-refractivity contribution in [2.75, 3.05) is 19.5 Å². The van der Waals surface area contributed by atoms with Crippen LogP contribution in [-0.2, 0) is 0 Å². The van der Waals surface area contributed by atoms with Gasteiger partial charge in [-0.05, 0) is 37.3 Å². The predicted molar refractivity (Wildman–Crippen MR) is 83.6 cm³/mol. The first-order valence-electron chi connectivity index (χ1n) is 6.45. The monoisotopic (exact) mass is 323 g/mol. The van der Waals surface area contributed by atoms with E-state index in [1.807, 2.05) is 6.92 Å². The molecule has 1 amide bonds. The first-order chi connectivity index (χ1) is 10.5. The summed E-state index contributed by atoms with van der Waals surface area (Å²) in [4.78, 5) is 12.3. The highest BCUT2D eigenvalue weighted by Crippen LogP contribution is 2.30.